The van der Waals surface area contributed by atoms with Gasteiger partial charge in [-0.15, -0.1) is 0 Å². The summed E-state index contributed by atoms with van der Waals surface area (Å²) in [6.07, 6.45) is -2.94. The van der Waals surface area contributed by atoms with Crippen molar-refractivity contribution >= 4 is 17.4 Å². The van der Waals surface area contributed by atoms with Gasteiger partial charge in [0.1, 0.15) is 5.82 Å². The maximum atomic E-state index is 13.0. The predicted molar refractivity (Wildman–Crippen MR) is 46.4 cm³/mol. The molecule has 0 fully saturated rings. The maximum Gasteiger partial charge on any atom is 0.266 e. The van der Waals surface area contributed by atoms with Crippen molar-refractivity contribution in [2.45, 2.75) is 13.3 Å². The fourth-order valence-electron chi connectivity index (χ4n) is 0.999. The molecule has 0 spiro atoms. The molecule has 1 aromatic carbocycles. The Kier molecular flexibility index (Phi) is 3.16. The lowest BCUT2D eigenvalue weighted by Gasteiger charge is -2.05. The number of hydrogen-bond acceptors (Lipinski definition) is 1. The van der Waals surface area contributed by atoms with Crippen LogP contribution in [0.5, 0.6) is 0 Å². The van der Waals surface area contributed by atoms with Crippen LogP contribution in [0, 0.1) is 5.82 Å². The van der Waals surface area contributed by atoms with Crippen LogP contribution in [0.2, 0.25) is 5.02 Å². The van der Waals surface area contributed by atoms with Crippen molar-refractivity contribution in [1.82, 2.24) is 0 Å². The molecule has 0 aliphatic heterocycles. The fourth-order valence-corrected chi connectivity index (χ4v) is 1.30. The Hall–Kier alpha value is -1.03. The lowest BCUT2D eigenvalue weighted by molar-refractivity contribution is 0.101. The van der Waals surface area contributed by atoms with E-state index in [1.165, 1.54) is 6.92 Å². The summed E-state index contributed by atoms with van der Waals surface area (Å²) in [5.74, 6) is -1.58. The van der Waals surface area contributed by atoms with E-state index in [-0.39, 0.29) is 10.6 Å². The summed E-state index contributed by atoms with van der Waals surface area (Å²) in [4.78, 5) is 10.9. The molecule has 1 rings (SSSR count). The third kappa shape index (κ3) is 2.07. The van der Waals surface area contributed by atoms with Crippen LogP contribution in [0.15, 0.2) is 12.1 Å². The molecule has 0 bridgehead atoms. The number of benzene rings is 1. The molecule has 0 aliphatic rings. The van der Waals surface area contributed by atoms with Gasteiger partial charge in [-0.25, -0.2) is 13.2 Å². The van der Waals surface area contributed by atoms with Crippen LogP contribution in [0.3, 0.4) is 0 Å². The first-order chi connectivity index (χ1) is 6.43. The average Bonchev–Trinajstić information content (AvgIpc) is 2.07. The lowest BCUT2D eigenvalue weighted by Crippen LogP contribution is -1.99. The zero-order chi connectivity index (χ0) is 10.9. The highest BCUT2D eigenvalue weighted by Gasteiger charge is 2.17. The van der Waals surface area contributed by atoms with Crippen molar-refractivity contribution in [1.29, 1.82) is 0 Å². The molecule has 0 radical (unpaired) electrons. The van der Waals surface area contributed by atoms with Crippen LogP contribution in [0.1, 0.15) is 29.3 Å². The topological polar surface area (TPSA) is 17.1 Å². The summed E-state index contributed by atoms with van der Waals surface area (Å²) in [6, 6.07) is 1.50. The summed E-state index contributed by atoms with van der Waals surface area (Å²) in [5, 5.41) is -0.158. The Labute approximate surface area is 83.5 Å². The number of halogens is 4. The first-order valence-electron chi connectivity index (χ1n) is 3.71. The number of alkyl halides is 2. The minimum Gasteiger partial charge on any atom is -0.294 e. The van der Waals surface area contributed by atoms with Gasteiger partial charge in [0.15, 0.2) is 5.78 Å². The van der Waals surface area contributed by atoms with Crippen molar-refractivity contribution in [3.8, 4) is 0 Å². The molecule has 0 heterocycles. The molecule has 0 N–H and O–H groups in total. The van der Waals surface area contributed by atoms with Crippen LogP contribution >= 0.6 is 11.6 Å². The van der Waals surface area contributed by atoms with E-state index >= 15 is 0 Å². The van der Waals surface area contributed by atoms with Crippen molar-refractivity contribution < 1.29 is 18.0 Å². The molecule has 5 heteroatoms. The molecule has 76 valence electrons. The molecule has 0 amide bonds. The van der Waals surface area contributed by atoms with Gasteiger partial charge in [-0.3, -0.25) is 4.79 Å². The maximum absolute atomic E-state index is 13.0. The van der Waals surface area contributed by atoms with E-state index in [1.807, 2.05) is 0 Å². The molecule has 0 saturated heterocycles. The van der Waals surface area contributed by atoms with Gasteiger partial charge in [-0.2, -0.15) is 0 Å². The Morgan fingerprint density at radius 1 is 1.43 bits per heavy atom. The third-order valence-corrected chi connectivity index (χ3v) is 2.01. The van der Waals surface area contributed by atoms with Gasteiger partial charge in [0.25, 0.3) is 6.43 Å². The van der Waals surface area contributed by atoms with Gasteiger partial charge in [0.2, 0.25) is 0 Å². The largest absolute Gasteiger partial charge is 0.294 e. The third-order valence-electron chi connectivity index (χ3n) is 1.70. The summed E-state index contributed by atoms with van der Waals surface area (Å²) in [7, 11) is 0. The highest BCUT2D eigenvalue weighted by atomic mass is 35.5. The van der Waals surface area contributed by atoms with Crippen LogP contribution < -0.4 is 0 Å². The van der Waals surface area contributed by atoms with Gasteiger partial charge in [-0.1, -0.05) is 11.6 Å². The molecule has 0 unspecified atom stereocenters. The van der Waals surface area contributed by atoms with Crippen LogP contribution in [-0.4, -0.2) is 5.78 Å². The molecule has 1 nitrogen and oxygen atoms in total. The van der Waals surface area contributed by atoms with E-state index in [9.17, 15) is 18.0 Å². The van der Waals surface area contributed by atoms with Crippen LogP contribution in [0.25, 0.3) is 0 Å². The molecule has 0 atom stereocenters. The number of carbonyl (C=O) groups excluding carboxylic acids is 1. The zero-order valence-electron chi connectivity index (χ0n) is 7.15. The van der Waals surface area contributed by atoms with Crippen LogP contribution in [-0.2, 0) is 0 Å². The minimum absolute atomic E-state index is 0.0893. The van der Waals surface area contributed by atoms with Crippen molar-refractivity contribution in [2.24, 2.45) is 0 Å². The monoisotopic (exact) mass is 222 g/mol. The number of hydrogen-bond donors (Lipinski definition) is 0. The highest BCUT2D eigenvalue weighted by Crippen LogP contribution is 2.28. The SMILES string of the molecule is CC(=O)c1cc(F)c(C(F)F)cc1Cl. The molecule has 1 aromatic rings. The minimum atomic E-state index is -2.94. The number of Topliss-reactive ketones (excluding diaryl/α,β-unsaturated/α-hetero) is 1. The molecular weight excluding hydrogens is 217 g/mol. The standard InChI is InChI=1S/C9H6ClF3O/c1-4(14)5-3-8(11)6(9(12)13)2-7(5)10/h2-3,9H,1H3. The second kappa shape index (κ2) is 4.00. The molecule has 14 heavy (non-hydrogen) atoms. The average molecular weight is 223 g/mol. The number of rotatable bonds is 2. The number of ketones is 1. The quantitative estimate of drug-likeness (QED) is 0.699. The summed E-state index contributed by atoms with van der Waals surface area (Å²) in [5.41, 5.74) is -0.881. The summed E-state index contributed by atoms with van der Waals surface area (Å²) >= 11 is 5.52. The van der Waals surface area contributed by atoms with E-state index in [0.29, 0.717) is 0 Å². The Balaban J connectivity index is 3.31. The first-order valence-corrected chi connectivity index (χ1v) is 4.09. The van der Waals surface area contributed by atoms with E-state index in [0.717, 1.165) is 12.1 Å². The van der Waals surface area contributed by atoms with Gasteiger partial charge in [-0.05, 0) is 19.1 Å². The van der Waals surface area contributed by atoms with E-state index < -0.39 is 23.6 Å². The lowest BCUT2D eigenvalue weighted by atomic mass is 10.1. The molecule has 0 aliphatic carbocycles. The van der Waals surface area contributed by atoms with E-state index in [2.05, 4.69) is 0 Å². The van der Waals surface area contributed by atoms with Crippen LogP contribution in [0.4, 0.5) is 13.2 Å². The van der Waals surface area contributed by atoms with E-state index in [1.54, 1.807) is 0 Å². The van der Waals surface area contributed by atoms with Gasteiger partial charge < -0.3 is 0 Å². The molecule has 0 aromatic heterocycles. The van der Waals surface area contributed by atoms with Crippen molar-refractivity contribution in [2.75, 3.05) is 0 Å². The fraction of sp³-hybridized carbons (Fsp3) is 0.222. The summed E-state index contributed by atoms with van der Waals surface area (Å²) in [6.45, 7) is 1.18. The van der Waals surface area contributed by atoms with Crippen molar-refractivity contribution in [3.63, 3.8) is 0 Å². The zero-order valence-corrected chi connectivity index (χ0v) is 7.91. The second-order valence-corrected chi connectivity index (χ2v) is 3.12. The number of carbonyl (C=O) groups is 1. The van der Waals surface area contributed by atoms with E-state index in [4.69, 9.17) is 11.6 Å². The Morgan fingerprint density at radius 3 is 2.43 bits per heavy atom. The van der Waals surface area contributed by atoms with Gasteiger partial charge in [0, 0.05) is 5.56 Å². The second-order valence-electron chi connectivity index (χ2n) is 2.71. The normalized spacial score (nSPS) is 10.7. The smallest absolute Gasteiger partial charge is 0.266 e. The summed E-state index contributed by atoms with van der Waals surface area (Å²) < 4.78 is 37.3. The molecule has 0 saturated carbocycles. The molecular formula is C9H6ClF3O. The first kappa shape index (κ1) is 11.0. The van der Waals surface area contributed by atoms with Gasteiger partial charge in [0.05, 0.1) is 10.6 Å². The predicted octanol–water partition coefficient (Wildman–Crippen LogP) is 3.62. The Bertz CT molecular complexity index is 377. The Morgan fingerprint density at radius 2 is 2.00 bits per heavy atom. The van der Waals surface area contributed by atoms with Crippen molar-refractivity contribution in [3.05, 3.63) is 34.1 Å². The highest BCUT2D eigenvalue weighted by molar-refractivity contribution is 6.33. The van der Waals surface area contributed by atoms with Gasteiger partial charge >= 0.3 is 0 Å².